The fourth-order valence-electron chi connectivity index (χ4n) is 8.57. The minimum Gasteiger partial charge on any atom is -0.463 e. The number of non-ortho nitro benzene ring substituents is 2. The van der Waals surface area contributed by atoms with Gasteiger partial charge in [-0.15, -0.1) is 46.4 Å². The Morgan fingerprint density at radius 1 is 0.625 bits per heavy atom. The summed E-state index contributed by atoms with van der Waals surface area (Å²) in [7, 11) is 4.06. The van der Waals surface area contributed by atoms with Gasteiger partial charge in [0.15, 0.2) is 0 Å². The third-order valence-corrected chi connectivity index (χ3v) is 12.5. The molecule has 2 spiro atoms. The lowest BCUT2D eigenvalue weighted by Crippen LogP contribution is -2.58. The summed E-state index contributed by atoms with van der Waals surface area (Å²) in [5.41, 5.74) is 4.43. The van der Waals surface area contributed by atoms with Gasteiger partial charge in [0, 0.05) is 80.7 Å². The van der Waals surface area contributed by atoms with Crippen LogP contribution in [0, 0.1) is 20.2 Å². The zero-order valence-electron chi connectivity index (χ0n) is 31.0. The largest absolute Gasteiger partial charge is 0.463 e. The molecule has 16 heteroatoms. The van der Waals surface area contributed by atoms with Crippen molar-refractivity contribution in [2.75, 3.05) is 34.6 Å². The highest BCUT2D eigenvalue weighted by Gasteiger charge is 2.61. The maximum atomic E-state index is 11.5. The van der Waals surface area contributed by atoms with E-state index in [1.54, 1.807) is 12.1 Å². The van der Waals surface area contributed by atoms with Crippen LogP contribution in [0.1, 0.15) is 49.9 Å². The van der Waals surface area contributed by atoms with E-state index in [9.17, 15) is 20.2 Å². The number of benzene rings is 4. The molecule has 0 aliphatic carbocycles. The average molecular weight is 970 g/mol. The Morgan fingerprint density at radius 3 is 1.29 bits per heavy atom. The van der Waals surface area contributed by atoms with Gasteiger partial charge in [0.2, 0.25) is 11.4 Å². The molecule has 0 saturated heterocycles. The number of alkyl halides is 4. The van der Waals surface area contributed by atoms with E-state index in [1.807, 2.05) is 38.4 Å². The highest BCUT2D eigenvalue weighted by atomic mass is 79.9. The molecular weight excluding hydrogens is 934 g/mol. The summed E-state index contributed by atoms with van der Waals surface area (Å²) < 4.78 is 15.7. The van der Waals surface area contributed by atoms with E-state index in [1.165, 1.54) is 24.3 Å². The van der Waals surface area contributed by atoms with Gasteiger partial charge in [-0.1, -0.05) is 44.0 Å². The van der Waals surface area contributed by atoms with Crippen LogP contribution in [0.25, 0.3) is 23.3 Å². The molecule has 0 saturated carbocycles. The molecule has 4 aromatic carbocycles. The second-order valence-corrected chi connectivity index (χ2v) is 17.8. The first-order chi connectivity index (χ1) is 26.4. The topological polar surface area (TPSA) is 111 Å². The number of nitro groups is 2. The molecule has 56 heavy (non-hydrogen) atoms. The van der Waals surface area contributed by atoms with Crippen LogP contribution in [0.5, 0.6) is 11.5 Å². The summed E-state index contributed by atoms with van der Waals surface area (Å²) in [6.07, 6.45) is 7.85. The number of likely N-dealkylation sites (N-methyl/N-ethyl adjacent to an activating group) is 2. The highest BCUT2D eigenvalue weighted by molar-refractivity contribution is 9.10. The summed E-state index contributed by atoms with van der Waals surface area (Å²) >= 11 is 26.8. The van der Waals surface area contributed by atoms with Gasteiger partial charge in [-0.05, 0) is 76.3 Å². The number of rotatable bonds is 3. The van der Waals surface area contributed by atoms with E-state index in [0.29, 0.717) is 22.6 Å². The Labute approximate surface area is 361 Å². The fraction of sp³-hybridized carbons (Fsp3) is 0.300. The minimum atomic E-state index is -0.941. The van der Waals surface area contributed by atoms with E-state index in [4.69, 9.17) is 55.9 Å². The molecule has 4 heterocycles. The molecule has 4 aliphatic rings. The van der Waals surface area contributed by atoms with E-state index in [0.717, 1.165) is 42.6 Å². The first-order valence-electron chi connectivity index (χ1n) is 17.1. The average Bonchev–Trinajstić information content (AvgIpc) is 3.43. The molecule has 8 rings (SSSR count). The number of halogens is 6. The smallest absolute Gasteiger partial charge is 0.270 e. The summed E-state index contributed by atoms with van der Waals surface area (Å²) in [4.78, 5) is 26.5. The third kappa shape index (κ3) is 6.26. The van der Waals surface area contributed by atoms with Crippen LogP contribution >= 0.6 is 78.3 Å². The van der Waals surface area contributed by atoms with E-state index in [-0.39, 0.29) is 22.1 Å². The van der Waals surface area contributed by atoms with Crippen molar-refractivity contribution >= 4 is 113 Å². The standard InChI is InChI=1S/C38H32Br2N4O6.2CH2Cl2/c1-35(2)31-27(39)11-9-25(33(31)41(5)37(35)17-15-21-19-23(43(45)46)7-13-29(21)49-37)26-10-12-28(40)32-34(26)42(6)38(36(32,3)4)18-16-22-20-24(44(47)48)8-14-30(22)50-38;2*2-1-3/h7-20H,1-6H3;2*1H2/t37-,38-;;/m0../s1. The van der Waals surface area contributed by atoms with Gasteiger partial charge in [-0.3, -0.25) is 20.2 Å². The predicted octanol–water partition coefficient (Wildman–Crippen LogP) is 12.6. The minimum absolute atomic E-state index is 0.0100. The lowest BCUT2D eigenvalue weighted by molar-refractivity contribution is -0.385. The normalized spacial score (nSPS) is 21.1. The molecule has 10 nitrogen and oxygen atoms in total. The zero-order valence-corrected chi connectivity index (χ0v) is 37.2. The van der Waals surface area contributed by atoms with Gasteiger partial charge in [-0.25, -0.2) is 0 Å². The molecule has 2 atom stereocenters. The van der Waals surface area contributed by atoms with Crippen molar-refractivity contribution in [3.8, 4) is 22.6 Å². The lowest BCUT2D eigenvalue weighted by atomic mass is 9.75. The van der Waals surface area contributed by atoms with E-state index >= 15 is 0 Å². The van der Waals surface area contributed by atoms with Crippen molar-refractivity contribution in [1.82, 2.24) is 0 Å². The van der Waals surface area contributed by atoms with Gasteiger partial charge in [0.25, 0.3) is 11.4 Å². The van der Waals surface area contributed by atoms with Gasteiger partial charge in [0.05, 0.1) is 42.7 Å². The number of nitrogens with zero attached hydrogens (tertiary/aromatic N) is 4. The highest BCUT2D eigenvalue weighted by Crippen LogP contribution is 2.63. The molecule has 0 fully saturated rings. The van der Waals surface area contributed by atoms with Crippen molar-refractivity contribution in [3.63, 3.8) is 0 Å². The van der Waals surface area contributed by atoms with Crippen molar-refractivity contribution in [2.45, 2.75) is 50.0 Å². The van der Waals surface area contributed by atoms with Gasteiger partial charge >= 0.3 is 0 Å². The summed E-state index contributed by atoms with van der Waals surface area (Å²) in [5.74, 6) is 1.15. The number of nitro benzene ring substituents is 2. The SMILES string of the molecule is CN1c2c(-c3ccc(Br)c4c3N(C)[C@]3(C=Cc5cc([N+](=O)[O-])ccc5O3)C4(C)C)ccc(Br)c2C(C)(C)[C@@]12C=Cc1cc([N+](=O)[O-])ccc1O2.ClCCl.ClCCl. The molecule has 0 unspecified atom stereocenters. The Balaban J connectivity index is 0.000000834. The Kier molecular flexibility index (Phi) is 11.5. The Hall–Kier alpha value is -3.52. The maximum absolute atomic E-state index is 11.5. The first kappa shape index (κ1) is 42.1. The number of ether oxygens (including phenoxy) is 2. The molecule has 0 N–H and O–H groups in total. The van der Waals surface area contributed by atoms with E-state index < -0.39 is 32.1 Å². The molecule has 0 bridgehead atoms. The molecule has 0 radical (unpaired) electrons. The third-order valence-electron chi connectivity index (χ3n) is 11.2. The predicted molar refractivity (Wildman–Crippen MR) is 234 cm³/mol. The lowest BCUT2D eigenvalue weighted by Gasteiger charge is -2.46. The second kappa shape index (κ2) is 15.3. The Bertz CT molecular complexity index is 2180. The van der Waals surface area contributed by atoms with Crippen LogP contribution in [-0.2, 0) is 10.8 Å². The van der Waals surface area contributed by atoms with Crippen molar-refractivity contribution < 1.29 is 19.3 Å². The Morgan fingerprint density at radius 2 is 0.964 bits per heavy atom. The van der Waals surface area contributed by atoms with E-state index in [2.05, 4.69) is 93.6 Å². The monoisotopic (exact) mass is 966 g/mol. The van der Waals surface area contributed by atoms with Crippen LogP contribution in [0.15, 0.2) is 81.8 Å². The molecule has 4 aliphatic heterocycles. The van der Waals surface area contributed by atoms with Gasteiger partial charge < -0.3 is 19.3 Å². The van der Waals surface area contributed by atoms with Gasteiger partial charge in [0.1, 0.15) is 11.5 Å². The molecule has 294 valence electrons. The fourth-order valence-corrected chi connectivity index (χ4v) is 10.2. The number of fused-ring (bicyclic) bond motifs is 4. The van der Waals surface area contributed by atoms with Crippen LogP contribution < -0.4 is 19.3 Å². The first-order valence-corrected chi connectivity index (χ1v) is 20.8. The number of hydrogen-bond acceptors (Lipinski definition) is 8. The number of anilines is 2. The van der Waals surface area contributed by atoms with Crippen LogP contribution in [0.4, 0.5) is 22.7 Å². The number of hydrogen-bond donors (Lipinski definition) is 0. The van der Waals surface area contributed by atoms with Crippen molar-refractivity contribution in [2.24, 2.45) is 0 Å². The quantitative estimate of drug-likeness (QED) is 0.113. The zero-order chi connectivity index (χ0) is 41.1. The molecule has 0 aromatic heterocycles. The van der Waals surface area contributed by atoms with Crippen LogP contribution in [-0.4, -0.2) is 46.1 Å². The molecule has 4 aromatic rings. The molecule has 0 amide bonds. The summed E-state index contributed by atoms with van der Waals surface area (Å²) in [6, 6.07) is 17.8. The molecular formula is C40H36Br2Cl4N4O6. The second-order valence-electron chi connectivity index (χ2n) is 14.4. The van der Waals surface area contributed by atoms with Crippen molar-refractivity contribution in [3.05, 3.63) is 124 Å². The van der Waals surface area contributed by atoms with Crippen LogP contribution in [0.2, 0.25) is 0 Å². The summed E-state index contributed by atoms with van der Waals surface area (Å²) in [6.45, 7) is 8.62. The van der Waals surface area contributed by atoms with Crippen LogP contribution in [0.3, 0.4) is 0 Å². The maximum Gasteiger partial charge on any atom is 0.270 e. The van der Waals surface area contributed by atoms with Crippen molar-refractivity contribution in [1.29, 1.82) is 0 Å². The van der Waals surface area contributed by atoms with Gasteiger partial charge in [-0.2, -0.15) is 0 Å². The summed E-state index contributed by atoms with van der Waals surface area (Å²) in [5, 5.41) is 23.4.